The highest BCUT2D eigenvalue weighted by atomic mass is 16.3. The molecular weight excluding hydrogens is 364 g/mol. The Balaban J connectivity index is 1.57. The number of benzene rings is 3. The van der Waals surface area contributed by atoms with E-state index < -0.39 is 6.10 Å². The lowest BCUT2D eigenvalue weighted by Gasteiger charge is -2.20. The fraction of sp³-hybridized carbons (Fsp3) is 0.208. The molecule has 0 spiro atoms. The van der Waals surface area contributed by atoms with Crippen LogP contribution in [0.1, 0.15) is 31.4 Å². The average Bonchev–Trinajstić information content (AvgIpc) is 2.73. The van der Waals surface area contributed by atoms with Crippen LogP contribution in [0.5, 0.6) is 5.75 Å². The number of phenols is 1. The number of nitrogens with two attached hydrogens (primary N) is 1. The number of nitrogen functional groups attached to an aromatic ring is 1. The van der Waals surface area contributed by atoms with Crippen molar-refractivity contribution in [3.05, 3.63) is 78.4 Å². The number of carbonyl (C=O) groups is 1. The van der Waals surface area contributed by atoms with Crippen LogP contribution in [0.2, 0.25) is 0 Å². The molecule has 0 radical (unpaired) electrons. The first kappa shape index (κ1) is 20.4. The highest BCUT2D eigenvalue weighted by Crippen LogP contribution is 2.34. The molecule has 3 aromatic rings. The molecule has 1 amide bonds. The Hall–Kier alpha value is -3.31. The Morgan fingerprint density at radius 1 is 1.07 bits per heavy atom. The molecule has 5 N–H and O–H groups in total. The van der Waals surface area contributed by atoms with E-state index in [0.29, 0.717) is 24.2 Å². The minimum atomic E-state index is -0.660. The summed E-state index contributed by atoms with van der Waals surface area (Å²) in [4.78, 5) is 12.0. The summed E-state index contributed by atoms with van der Waals surface area (Å²) < 4.78 is 0. The summed E-state index contributed by atoms with van der Waals surface area (Å²) in [6.07, 6.45) is 4.00. The number of nitrogens with one attached hydrogen (secondary N) is 1. The summed E-state index contributed by atoms with van der Waals surface area (Å²) in [5.74, 6) is -0.0433. The van der Waals surface area contributed by atoms with Crippen molar-refractivity contribution in [3.8, 4) is 5.75 Å². The second-order valence-corrected chi connectivity index (χ2v) is 7.20. The molecule has 150 valence electrons. The number of amides is 1. The lowest BCUT2D eigenvalue weighted by molar-refractivity contribution is -0.111. The van der Waals surface area contributed by atoms with E-state index in [9.17, 15) is 15.0 Å². The van der Waals surface area contributed by atoms with Gasteiger partial charge in [-0.1, -0.05) is 55.5 Å². The van der Waals surface area contributed by atoms with Gasteiger partial charge >= 0.3 is 0 Å². The number of anilines is 2. The van der Waals surface area contributed by atoms with Crippen molar-refractivity contribution in [2.24, 2.45) is 5.92 Å². The number of rotatable bonds is 7. The van der Waals surface area contributed by atoms with Gasteiger partial charge in [0.05, 0.1) is 17.5 Å². The number of fused-ring (bicyclic) bond motifs is 1. The highest BCUT2D eigenvalue weighted by Gasteiger charge is 2.19. The van der Waals surface area contributed by atoms with E-state index in [1.54, 1.807) is 30.3 Å². The molecule has 0 bridgehead atoms. The van der Waals surface area contributed by atoms with Crippen LogP contribution in [0.25, 0.3) is 10.8 Å². The van der Waals surface area contributed by atoms with Gasteiger partial charge in [-0.15, -0.1) is 0 Å². The van der Waals surface area contributed by atoms with E-state index >= 15 is 0 Å². The molecule has 3 aromatic carbocycles. The smallest absolute Gasteiger partial charge is 0.248 e. The predicted octanol–water partition coefficient (Wildman–Crippen LogP) is 4.77. The van der Waals surface area contributed by atoms with Crippen molar-refractivity contribution in [1.29, 1.82) is 0 Å². The second kappa shape index (κ2) is 9.26. The van der Waals surface area contributed by atoms with Crippen LogP contribution in [0.3, 0.4) is 0 Å². The standard InChI is InChI=1S/C24H26N2O3/c1-16(8-2-7-13-23(28)26-21-12-6-5-11-20(21)25)24(29)19-14-15-22(27)18-10-4-3-9-17(18)19/h3-7,9-16,24,27,29H,2,8,25H2,1H3,(H,26,28)/b13-7+/t16-,24+/m1/s1. The number of hydrogen-bond donors (Lipinski definition) is 4. The van der Waals surface area contributed by atoms with Crippen molar-refractivity contribution in [1.82, 2.24) is 0 Å². The Morgan fingerprint density at radius 2 is 1.76 bits per heavy atom. The zero-order valence-electron chi connectivity index (χ0n) is 16.4. The van der Waals surface area contributed by atoms with E-state index in [2.05, 4.69) is 5.32 Å². The fourth-order valence-corrected chi connectivity index (χ4v) is 3.36. The Bertz CT molecular complexity index is 1030. The van der Waals surface area contributed by atoms with Crippen LogP contribution in [-0.4, -0.2) is 16.1 Å². The molecule has 0 aliphatic rings. The largest absolute Gasteiger partial charge is 0.507 e. The van der Waals surface area contributed by atoms with Gasteiger partial charge in [0.2, 0.25) is 5.91 Å². The average molecular weight is 390 g/mol. The minimum absolute atomic E-state index is 0.0135. The van der Waals surface area contributed by atoms with Crippen LogP contribution in [-0.2, 0) is 4.79 Å². The second-order valence-electron chi connectivity index (χ2n) is 7.20. The third kappa shape index (κ3) is 4.95. The van der Waals surface area contributed by atoms with Gasteiger partial charge in [-0.2, -0.15) is 0 Å². The van der Waals surface area contributed by atoms with Crippen LogP contribution < -0.4 is 11.1 Å². The Kier molecular flexibility index (Phi) is 6.52. The van der Waals surface area contributed by atoms with E-state index in [4.69, 9.17) is 5.73 Å². The van der Waals surface area contributed by atoms with E-state index in [1.165, 1.54) is 6.08 Å². The topological polar surface area (TPSA) is 95.6 Å². The van der Waals surface area contributed by atoms with E-state index in [0.717, 1.165) is 16.3 Å². The highest BCUT2D eigenvalue weighted by molar-refractivity contribution is 6.01. The van der Waals surface area contributed by atoms with Gasteiger partial charge in [0, 0.05) is 5.39 Å². The van der Waals surface area contributed by atoms with Gasteiger partial charge in [0.25, 0.3) is 0 Å². The molecule has 0 saturated carbocycles. The molecule has 0 aliphatic carbocycles. The Labute approximate surface area is 170 Å². The number of aliphatic hydroxyl groups excluding tert-OH is 1. The van der Waals surface area contributed by atoms with Crippen molar-refractivity contribution < 1.29 is 15.0 Å². The number of carbonyl (C=O) groups excluding carboxylic acids is 1. The maximum atomic E-state index is 12.0. The van der Waals surface area contributed by atoms with Crippen molar-refractivity contribution in [3.63, 3.8) is 0 Å². The number of aliphatic hydroxyl groups is 1. The zero-order valence-corrected chi connectivity index (χ0v) is 16.4. The molecule has 3 rings (SSSR count). The number of aromatic hydroxyl groups is 1. The van der Waals surface area contributed by atoms with E-state index in [-0.39, 0.29) is 17.6 Å². The lowest BCUT2D eigenvalue weighted by Crippen LogP contribution is -2.10. The SMILES string of the molecule is C[C@H](CC/C=C/C(=O)Nc1ccccc1N)[C@H](O)c1ccc(O)c2ccccc12. The van der Waals surface area contributed by atoms with Gasteiger partial charge in [-0.3, -0.25) is 4.79 Å². The minimum Gasteiger partial charge on any atom is -0.507 e. The quantitative estimate of drug-likeness (QED) is 0.345. The predicted molar refractivity (Wildman–Crippen MR) is 118 cm³/mol. The molecule has 2 atom stereocenters. The molecule has 0 saturated heterocycles. The summed E-state index contributed by atoms with van der Waals surface area (Å²) in [7, 11) is 0. The number of allylic oxidation sites excluding steroid dienone is 1. The van der Waals surface area contributed by atoms with Crippen LogP contribution in [0, 0.1) is 5.92 Å². The monoisotopic (exact) mass is 390 g/mol. The molecule has 5 nitrogen and oxygen atoms in total. The van der Waals surface area contributed by atoms with Gasteiger partial charge < -0.3 is 21.3 Å². The van der Waals surface area contributed by atoms with Crippen LogP contribution in [0.4, 0.5) is 11.4 Å². The number of hydrogen-bond acceptors (Lipinski definition) is 4. The van der Waals surface area contributed by atoms with Crippen LogP contribution in [0.15, 0.2) is 72.8 Å². The fourth-order valence-electron chi connectivity index (χ4n) is 3.36. The molecule has 29 heavy (non-hydrogen) atoms. The Morgan fingerprint density at radius 3 is 2.52 bits per heavy atom. The first-order chi connectivity index (χ1) is 14.0. The molecule has 0 aliphatic heterocycles. The zero-order chi connectivity index (χ0) is 20.8. The normalized spacial score (nSPS) is 13.4. The maximum absolute atomic E-state index is 12.0. The molecule has 0 aromatic heterocycles. The van der Waals surface area contributed by atoms with Crippen molar-refractivity contribution in [2.75, 3.05) is 11.1 Å². The maximum Gasteiger partial charge on any atom is 0.248 e. The summed E-state index contributed by atoms with van der Waals surface area (Å²) in [6, 6.07) is 18.0. The third-order valence-electron chi connectivity index (χ3n) is 5.07. The first-order valence-corrected chi connectivity index (χ1v) is 9.68. The van der Waals surface area contributed by atoms with Crippen LogP contribution >= 0.6 is 0 Å². The third-order valence-corrected chi connectivity index (χ3v) is 5.07. The lowest BCUT2D eigenvalue weighted by atomic mass is 9.90. The molecule has 0 fully saturated rings. The number of para-hydroxylation sites is 2. The summed E-state index contributed by atoms with van der Waals surface area (Å²) in [5, 5.41) is 25.2. The molecule has 5 heteroatoms. The molecule has 0 heterocycles. The van der Waals surface area contributed by atoms with Crippen molar-refractivity contribution >= 4 is 28.1 Å². The number of phenolic OH excluding ortho intramolecular Hbond substituents is 1. The van der Waals surface area contributed by atoms with Gasteiger partial charge in [-0.25, -0.2) is 0 Å². The molecular formula is C24H26N2O3. The van der Waals surface area contributed by atoms with Gasteiger partial charge in [0.1, 0.15) is 5.75 Å². The molecule has 0 unspecified atom stereocenters. The summed E-state index contributed by atoms with van der Waals surface area (Å²) >= 11 is 0. The summed E-state index contributed by atoms with van der Waals surface area (Å²) in [5.41, 5.74) is 7.73. The van der Waals surface area contributed by atoms with E-state index in [1.807, 2.05) is 43.3 Å². The van der Waals surface area contributed by atoms with Crippen molar-refractivity contribution in [2.45, 2.75) is 25.9 Å². The first-order valence-electron chi connectivity index (χ1n) is 9.68. The van der Waals surface area contributed by atoms with Gasteiger partial charge in [0.15, 0.2) is 0 Å². The van der Waals surface area contributed by atoms with Gasteiger partial charge in [-0.05, 0) is 54.0 Å². The summed E-state index contributed by atoms with van der Waals surface area (Å²) in [6.45, 7) is 1.98.